The number of hydrogen-bond acceptors (Lipinski definition) is 4. The van der Waals surface area contributed by atoms with Gasteiger partial charge in [0.15, 0.2) is 0 Å². The molecule has 0 aliphatic carbocycles. The molecule has 1 aromatic carbocycles. The first-order valence-electron chi connectivity index (χ1n) is 8.85. The lowest BCUT2D eigenvalue weighted by Crippen LogP contribution is -2.60. The summed E-state index contributed by atoms with van der Waals surface area (Å²) in [6.07, 6.45) is 0.670. The molecule has 1 aromatic rings. The summed E-state index contributed by atoms with van der Waals surface area (Å²) in [5.74, 6) is 0.390. The molecule has 2 fully saturated rings. The van der Waals surface area contributed by atoms with Crippen LogP contribution in [0.2, 0.25) is 0 Å². The average molecular weight is 359 g/mol. The third kappa shape index (κ3) is 3.25. The van der Waals surface area contributed by atoms with Crippen LogP contribution in [0, 0.1) is 6.92 Å². The van der Waals surface area contributed by atoms with Crippen molar-refractivity contribution in [1.82, 2.24) is 15.1 Å². The Kier molecular flexibility index (Phi) is 4.89. The second kappa shape index (κ2) is 6.97. The van der Waals surface area contributed by atoms with Gasteiger partial charge in [-0.2, -0.15) is 0 Å². The third-order valence-corrected chi connectivity index (χ3v) is 5.26. The van der Waals surface area contributed by atoms with Crippen molar-refractivity contribution in [2.24, 2.45) is 0 Å². The Morgan fingerprint density at radius 1 is 1.27 bits per heavy atom. The number of carbonyl (C=O) groups is 3. The maximum absolute atomic E-state index is 13.1. The SMILES string of the molecule is COc1ccc(C(=O)N2C[C@@H]3C[C@H](NC(C)=O)CN3C(=O)[C@@H]2C)c(C)c1. The van der Waals surface area contributed by atoms with Gasteiger partial charge in [0.05, 0.1) is 13.2 Å². The smallest absolute Gasteiger partial charge is 0.254 e. The van der Waals surface area contributed by atoms with Crippen LogP contribution in [0.4, 0.5) is 0 Å². The number of nitrogens with one attached hydrogen (secondary N) is 1. The number of rotatable bonds is 3. The van der Waals surface area contributed by atoms with Gasteiger partial charge in [0.1, 0.15) is 11.8 Å². The first kappa shape index (κ1) is 18.2. The highest BCUT2D eigenvalue weighted by Gasteiger charge is 2.45. The van der Waals surface area contributed by atoms with E-state index < -0.39 is 6.04 Å². The average Bonchev–Trinajstić information content (AvgIpc) is 2.99. The van der Waals surface area contributed by atoms with Gasteiger partial charge in [-0.3, -0.25) is 14.4 Å². The predicted octanol–water partition coefficient (Wildman–Crippen LogP) is 0.954. The molecule has 2 aliphatic rings. The highest BCUT2D eigenvalue weighted by Crippen LogP contribution is 2.28. The molecule has 0 radical (unpaired) electrons. The van der Waals surface area contributed by atoms with Crippen molar-refractivity contribution in [3.8, 4) is 5.75 Å². The van der Waals surface area contributed by atoms with E-state index in [1.807, 2.05) is 13.0 Å². The summed E-state index contributed by atoms with van der Waals surface area (Å²) < 4.78 is 5.19. The molecular formula is C19H25N3O4. The minimum atomic E-state index is -0.517. The lowest BCUT2D eigenvalue weighted by Gasteiger charge is -2.41. The topological polar surface area (TPSA) is 79.0 Å². The van der Waals surface area contributed by atoms with Gasteiger partial charge in [-0.15, -0.1) is 0 Å². The molecule has 0 spiro atoms. The molecule has 2 saturated heterocycles. The Morgan fingerprint density at radius 2 is 2.00 bits per heavy atom. The number of piperazine rings is 1. The molecule has 2 heterocycles. The summed E-state index contributed by atoms with van der Waals surface area (Å²) in [6, 6.07) is 4.69. The van der Waals surface area contributed by atoms with E-state index in [9.17, 15) is 14.4 Å². The standard InChI is InChI=1S/C19H25N3O4/c1-11-7-16(26-4)5-6-17(11)19(25)21-10-15-8-14(20-13(3)23)9-22(15)18(24)12(21)2/h5-7,12,14-15H,8-10H2,1-4H3,(H,20,23)/t12-,14-,15-/m0/s1. The number of ether oxygens (including phenoxy) is 1. The van der Waals surface area contributed by atoms with Crippen LogP contribution < -0.4 is 10.1 Å². The molecule has 0 saturated carbocycles. The Bertz CT molecular complexity index is 748. The molecule has 1 N–H and O–H groups in total. The fraction of sp³-hybridized carbons (Fsp3) is 0.526. The van der Waals surface area contributed by atoms with Crippen molar-refractivity contribution in [3.05, 3.63) is 29.3 Å². The van der Waals surface area contributed by atoms with Crippen LogP contribution >= 0.6 is 0 Å². The quantitative estimate of drug-likeness (QED) is 0.872. The zero-order chi connectivity index (χ0) is 19.0. The van der Waals surface area contributed by atoms with E-state index >= 15 is 0 Å². The van der Waals surface area contributed by atoms with Crippen LogP contribution in [0.5, 0.6) is 5.75 Å². The van der Waals surface area contributed by atoms with Gasteiger partial charge in [-0.25, -0.2) is 0 Å². The fourth-order valence-corrected chi connectivity index (χ4v) is 3.93. The van der Waals surface area contributed by atoms with Gasteiger partial charge in [-0.1, -0.05) is 0 Å². The van der Waals surface area contributed by atoms with Crippen LogP contribution in [0.25, 0.3) is 0 Å². The zero-order valence-electron chi connectivity index (χ0n) is 15.6. The van der Waals surface area contributed by atoms with Crippen molar-refractivity contribution in [2.75, 3.05) is 20.2 Å². The number of fused-ring (bicyclic) bond motifs is 1. The summed E-state index contributed by atoms with van der Waals surface area (Å²) in [5, 5.41) is 2.88. The fourth-order valence-electron chi connectivity index (χ4n) is 3.93. The van der Waals surface area contributed by atoms with Crippen LogP contribution in [-0.4, -0.2) is 65.8 Å². The van der Waals surface area contributed by atoms with Gasteiger partial charge in [0.2, 0.25) is 11.8 Å². The van der Waals surface area contributed by atoms with Crippen molar-refractivity contribution >= 4 is 17.7 Å². The molecule has 140 valence electrons. The molecule has 0 bridgehead atoms. The maximum Gasteiger partial charge on any atom is 0.254 e. The van der Waals surface area contributed by atoms with Gasteiger partial charge >= 0.3 is 0 Å². The highest BCUT2D eigenvalue weighted by atomic mass is 16.5. The van der Waals surface area contributed by atoms with Crippen molar-refractivity contribution in [3.63, 3.8) is 0 Å². The second-order valence-electron chi connectivity index (χ2n) is 7.09. The summed E-state index contributed by atoms with van der Waals surface area (Å²) in [4.78, 5) is 40.6. The zero-order valence-corrected chi connectivity index (χ0v) is 15.6. The normalized spacial score (nSPS) is 25.1. The summed E-state index contributed by atoms with van der Waals surface area (Å²) in [7, 11) is 1.59. The lowest BCUT2D eigenvalue weighted by molar-refractivity contribution is -0.141. The van der Waals surface area contributed by atoms with Crippen LogP contribution in [0.3, 0.4) is 0 Å². The molecule has 0 aromatic heterocycles. The monoisotopic (exact) mass is 359 g/mol. The third-order valence-electron chi connectivity index (χ3n) is 5.26. The van der Waals surface area contributed by atoms with E-state index in [4.69, 9.17) is 4.74 Å². The van der Waals surface area contributed by atoms with Gasteiger partial charge in [0, 0.05) is 31.6 Å². The molecule has 3 rings (SSSR count). The molecule has 7 heteroatoms. The molecule has 3 amide bonds. The van der Waals surface area contributed by atoms with Gasteiger partial charge in [0.25, 0.3) is 5.91 Å². The Labute approximate surface area is 153 Å². The summed E-state index contributed by atoms with van der Waals surface area (Å²) in [6.45, 7) is 6.09. The van der Waals surface area contributed by atoms with E-state index in [0.29, 0.717) is 30.8 Å². The molecule has 7 nitrogen and oxygen atoms in total. The molecule has 3 atom stereocenters. The number of hydrogen-bond donors (Lipinski definition) is 1. The molecule has 0 unspecified atom stereocenters. The predicted molar refractivity (Wildman–Crippen MR) is 96.0 cm³/mol. The van der Waals surface area contributed by atoms with Gasteiger partial charge in [-0.05, 0) is 44.0 Å². The Balaban J connectivity index is 1.80. The minimum absolute atomic E-state index is 0.0496. The lowest BCUT2D eigenvalue weighted by atomic mass is 10.0. The van der Waals surface area contributed by atoms with Crippen LogP contribution in [-0.2, 0) is 9.59 Å². The number of benzene rings is 1. The van der Waals surface area contributed by atoms with Crippen LogP contribution in [0.1, 0.15) is 36.2 Å². The van der Waals surface area contributed by atoms with Crippen molar-refractivity contribution in [1.29, 1.82) is 0 Å². The number of methoxy groups -OCH3 is 1. The van der Waals surface area contributed by atoms with E-state index in [0.717, 1.165) is 5.56 Å². The first-order valence-corrected chi connectivity index (χ1v) is 8.85. The molecule has 2 aliphatic heterocycles. The summed E-state index contributed by atoms with van der Waals surface area (Å²) >= 11 is 0. The van der Waals surface area contributed by atoms with Crippen molar-refractivity contribution < 1.29 is 19.1 Å². The Morgan fingerprint density at radius 3 is 2.62 bits per heavy atom. The van der Waals surface area contributed by atoms with E-state index in [2.05, 4.69) is 5.32 Å². The van der Waals surface area contributed by atoms with E-state index in [-0.39, 0.29) is 29.8 Å². The first-order chi connectivity index (χ1) is 12.3. The maximum atomic E-state index is 13.1. The summed E-state index contributed by atoms with van der Waals surface area (Å²) in [5.41, 5.74) is 1.40. The largest absolute Gasteiger partial charge is 0.497 e. The number of amides is 3. The minimum Gasteiger partial charge on any atom is -0.497 e. The molecule has 26 heavy (non-hydrogen) atoms. The number of carbonyl (C=O) groups excluding carboxylic acids is 3. The second-order valence-corrected chi connectivity index (χ2v) is 7.09. The van der Waals surface area contributed by atoms with E-state index in [1.165, 1.54) is 6.92 Å². The highest BCUT2D eigenvalue weighted by molar-refractivity contribution is 5.99. The Hall–Kier alpha value is -2.57. The van der Waals surface area contributed by atoms with E-state index in [1.54, 1.807) is 36.0 Å². The van der Waals surface area contributed by atoms with Crippen LogP contribution in [0.15, 0.2) is 18.2 Å². The number of nitrogens with zero attached hydrogens (tertiary/aromatic N) is 2. The number of aryl methyl sites for hydroxylation is 1. The molecular weight excluding hydrogens is 334 g/mol. The van der Waals surface area contributed by atoms with Crippen molar-refractivity contribution in [2.45, 2.75) is 45.3 Å². The van der Waals surface area contributed by atoms with Gasteiger partial charge < -0.3 is 19.9 Å².